The molecule has 26 heavy (non-hydrogen) atoms. The smallest absolute Gasteiger partial charge is 0.255 e. The third-order valence-electron chi connectivity index (χ3n) is 5.05. The lowest BCUT2D eigenvalue weighted by atomic mass is 10.0. The van der Waals surface area contributed by atoms with Crippen LogP contribution in [0.5, 0.6) is 0 Å². The first-order chi connectivity index (χ1) is 12.7. The number of carbonyl (C=O) groups is 1. The first kappa shape index (κ1) is 16.6. The summed E-state index contributed by atoms with van der Waals surface area (Å²) in [5, 5.41) is 11.8. The molecule has 1 N–H and O–H groups in total. The second-order valence-corrected chi connectivity index (χ2v) is 6.85. The molecular formula is C20H23N5O. The number of nitrogens with one attached hydrogen (secondary N) is 1. The van der Waals surface area contributed by atoms with E-state index in [1.807, 2.05) is 33.8 Å². The molecule has 6 heteroatoms. The van der Waals surface area contributed by atoms with Crippen molar-refractivity contribution in [2.75, 3.05) is 0 Å². The molecule has 1 amide bonds. The van der Waals surface area contributed by atoms with Crippen LogP contribution in [0, 0.1) is 0 Å². The summed E-state index contributed by atoms with van der Waals surface area (Å²) < 4.78 is 3.89. The predicted octanol–water partition coefficient (Wildman–Crippen LogP) is 2.96. The molecule has 1 aliphatic heterocycles. The molecule has 0 saturated carbocycles. The maximum Gasteiger partial charge on any atom is 0.255 e. The lowest BCUT2D eigenvalue weighted by molar-refractivity contribution is 0.0949. The average Bonchev–Trinajstić information content (AvgIpc) is 3.31. The lowest BCUT2D eigenvalue weighted by Gasteiger charge is -2.21. The van der Waals surface area contributed by atoms with Crippen LogP contribution in [0.3, 0.4) is 0 Å². The maximum atomic E-state index is 12.7. The fourth-order valence-electron chi connectivity index (χ4n) is 3.62. The molecule has 4 rings (SSSR count). The van der Waals surface area contributed by atoms with Gasteiger partial charge in [0.25, 0.3) is 5.91 Å². The van der Waals surface area contributed by atoms with E-state index >= 15 is 0 Å². The lowest BCUT2D eigenvalue weighted by Crippen LogP contribution is -2.26. The van der Waals surface area contributed by atoms with E-state index in [0.717, 1.165) is 36.1 Å². The second kappa shape index (κ2) is 7.15. The SMILES string of the molecule is CC1CCCc2c(C(=O)NCc3ccccc3Cn3cccn3)cnn21. The Morgan fingerprint density at radius 3 is 2.88 bits per heavy atom. The summed E-state index contributed by atoms with van der Waals surface area (Å²) in [7, 11) is 0. The topological polar surface area (TPSA) is 64.7 Å². The molecule has 1 atom stereocenters. The van der Waals surface area contributed by atoms with Gasteiger partial charge < -0.3 is 5.32 Å². The van der Waals surface area contributed by atoms with E-state index in [9.17, 15) is 4.79 Å². The van der Waals surface area contributed by atoms with Crippen LogP contribution in [0.25, 0.3) is 0 Å². The summed E-state index contributed by atoms with van der Waals surface area (Å²) in [6, 6.07) is 10.4. The Labute approximate surface area is 152 Å². The quantitative estimate of drug-likeness (QED) is 0.770. The molecule has 0 radical (unpaired) electrons. The molecule has 0 fully saturated rings. The van der Waals surface area contributed by atoms with Gasteiger partial charge in [-0.25, -0.2) is 0 Å². The molecule has 1 aromatic carbocycles. The van der Waals surface area contributed by atoms with E-state index in [4.69, 9.17) is 0 Å². The fourth-order valence-corrected chi connectivity index (χ4v) is 3.62. The van der Waals surface area contributed by atoms with E-state index in [1.165, 1.54) is 0 Å². The highest BCUT2D eigenvalue weighted by Crippen LogP contribution is 2.25. The number of aromatic nitrogens is 4. The molecule has 3 aromatic rings. The van der Waals surface area contributed by atoms with E-state index in [2.05, 4.69) is 34.6 Å². The van der Waals surface area contributed by atoms with Crippen molar-refractivity contribution in [3.63, 3.8) is 0 Å². The highest BCUT2D eigenvalue weighted by molar-refractivity contribution is 5.95. The van der Waals surface area contributed by atoms with Crippen molar-refractivity contribution in [2.45, 2.75) is 45.3 Å². The maximum absolute atomic E-state index is 12.7. The predicted molar refractivity (Wildman–Crippen MR) is 98.8 cm³/mol. The zero-order valence-electron chi connectivity index (χ0n) is 14.9. The zero-order valence-corrected chi connectivity index (χ0v) is 14.9. The molecule has 3 heterocycles. The number of nitrogens with zero attached hydrogens (tertiary/aromatic N) is 4. The summed E-state index contributed by atoms with van der Waals surface area (Å²) in [5.74, 6) is -0.0470. The number of benzene rings is 1. The average molecular weight is 349 g/mol. The van der Waals surface area contributed by atoms with Crippen molar-refractivity contribution in [3.05, 3.63) is 71.3 Å². The highest BCUT2D eigenvalue weighted by Gasteiger charge is 2.23. The second-order valence-electron chi connectivity index (χ2n) is 6.85. The number of carbonyl (C=O) groups excluding carboxylic acids is 1. The van der Waals surface area contributed by atoms with Crippen molar-refractivity contribution < 1.29 is 4.79 Å². The number of amides is 1. The van der Waals surface area contributed by atoms with Crippen molar-refractivity contribution >= 4 is 5.91 Å². The van der Waals surface area contributed by atoms with Crippen LogP contribution < -0.4 is 5.32 Å². The van der Waals surface area contributed by atoms with Gasteiger partial charge in [0.1, 0.15) is 0 Å². The number of rotatable bonds is 5. The molecule has 6 nitrogen and oxygen atoms in total. The summed E-state index contributed by atoms with van der Waals surface area (Å²) in [5.41, 5.74) is 4.03. The summed E-state index contributed by atoms with van der Waals surface area (Å²) in [6.45, 7) is 3.35. The van der Waals surface area contributed by atoms with Crippen molar-refractivity contribution in [3.8, 4) is 0 Å². The Morgan fingerprint density at radius 1 is 1.23 bits per heavy atom. The minimum absolute atomic E-state index is 0.0470. The summed E-state index contributed by atoms with van der Waals surface area (Å²) >= 11 is 0. The molecule has 2 aromatic heterocycles. The zero-order chi connectivity index (χ0) is 17.9. The van der Waals surface area contributed by atoms with E-state index in [-0.39, 0.29) is 5.91 Å². The Bertz CT molecular complexity index is 897. The standard InChI is InChI=1S/C20H23N5O/c1-15-6-4-9-19-18(13-23-25(15)19)20(26)21-12-16-7-2-3-8-17(16)14-24-11-5-10-22-24/h2-3,5,7-8,10-11,13,15H,4,6,9,12,14H2,1H3,(H,21,26). The minimum Gasteiger partial charge on any atom is -0.348 e. The van der Waals surface area contributed by atoms with Gasteiger partial charge in [-0.15, -0.1) is 0 Å². The molecule has 1 unspecified atom stereocenters. The fraction of sp³-hybridized carbons (Fsp3) is 0.350. The van der Waals surface area contributed by atoms with E-state index < -0.39 is 0 Å². The van der Waals surface area contributed by atoms with Crippen molar-refractivity contribution in [1.29, 1.82) is 0 Å². The molecule has 1 aliphatic rings. The van der Waals surface area contributed by atoms with Crippen LogP contribution in [0.2, 0.25) is 0 Å². The third-order valence-corrected chi connectivity index (χ3v) is 5.05. The van der Waals surface area contributed by atoms with Gasteiger partial charge in [0.15, 0.2) is 0 Å². The molecule has 0 aliphatic carbocycles. The van der Waals surface area contributed by atoms with Gasteiger partial charge in [0, 0.05) is 25.0 Å². The van der Waals surface area contributed by atoms with Gasteiger partial charge >= 0.3 is 0 Å². The minimum atomic E-state index is -0.0470. The van der Waals surface area contributed by atoms with Crippen LogP contribution in [-0.4, -0.2) is 25.5 Å². The monoisotopic (exact) mass is 349 g/mol. The van der Waals surface area contributed by atoms with Crippen LogP contribution in [0.15, 0.2) is 48.9 Å². The summed E-state index contributed by atoms with van der Waals surface area (Å²) in [4.78, 5) is 12.7. The Morgan fingerprint density at radius 2 is 2.08 bits per heavy atom. The molecule has 134 valence electrons. The van der Waals surface area contributed by atoms with Gasteiger partial charge in [-0.1, -0.05) is 24.3 Å². The first-order valence-corrected chi connectivity index (χ1v) is 9.11. The van der Waals surface area contributed by atoms with Crippen LogP contribution in [0.4, 0.5) is 0 Å². The Balaban J connectivity index is 1.47. The van der Waals surface area contributed by atoms with Gasteiger partial charge in [0.05, 0.1) is 24.0 Å². The third kappa shape index (κ3) is 3.27. The van der Waals surface area contributed by atoms with Crippen LogP contribution in [-0.2, 0) is 19.5 Å². The van der Waals surface area contributed by atoms with Crippen LogP contribution in [0.1, 0.15) is 53.0 Å². The molecule has 0 spiro atoms. The van der Waals surface area contributed by atoms with Gasteiger partial charge in [-0.2, -0.15) is 10.2 Å². The molecule has 0 saturated heterocycles. The van der Waals surface area contributed by atoms with Gasteiger partial charge in [-0.05, 0) is 43.4 Å². The normalized spacial score (nSPS) is 16.3. The highest BCUT2D eigenvalue weighted by atomic mass is 16.1. The molecular weight excluding hydrogens is 326 g/mol. The first-order valence-electron chi connectivity index (χ1n) is 9.11. The van der Waals surface area contributed by atoms with Crippen molar-refractivity contribution in [1.82, 2.24) is 24.9 Å². The van der Waals surface area contributed by atoms with Crippen molar-refractivity contribution in [2.24, 2.45) is 0 Å². The van der Waals surface area contributed by atoms with E-state index in [0.29, 0.717) is 24.7 Å². The Kier molecular flexibility index (Phi) is 4.56. The van der Waals surface area contributed by atoms with E-state index in [1.54, 1.807) is 12.4 Å². The largest absolute Gasteiger partial charge is 0.348 e. The number of fused-ring (bicyclic) bond motifs is 1. The number of hydrogen-bond donors (Lipinski definition) is 1. The summed E-state index contributed by atoms with van der Waals surface area (Å²) in [6.07, 6.45) is 8.58. The van der Waals surface area contributed by atoms with Gasteiger partial charge in [0.2, 0.25) is 0 Å². The Hall–Kier alpha value is -2.89. The van der Waals surface area contributed by atoms with Gasteiger partial charge in [-0.3, -0.25) is 14.2 Å². The van der Waals surface area contributed by atoms with Crippen LogP contribution >= 0.6 is 0 Å². The number of hydrogen-bond acceptors (Lipinski definition) is 3. The molecule has 0 bridgehead atoms.